The third-order valence-corrected chi connectivity index (χ3v) is 4.04. The van der Waals surface area contributed by atoms with E-state index in [1.807, 2.05) is 4.90 Å². The molecule has 5 nitrogen and oxygen atoms in total. The fourth-order valence-corrected chi connectivity index (χ4v) is 2.87. The van der Waals surface area contributed by atoms with Crippen LogP contribution in [0.5, 0.6) is 0 Å². The Hall–Kier alpha value is -1.26. The van der Waals surface area contributed by atoms with Gasteiger partial charge in [0.2, 0.25) is 0 Å². The van der Waals surface area contributed by atoms with Crippen molar-refractivity contribution in [3.05, 3.63) is 0 Å². The SMILES string of the molecule is CC1CC(NC(=O)N2CCC(CCC(=O)O)C2)C1. The van der Waals surface area contributed by atoms with Crippen molar-refractivity contribution in [2.45, 2.75) is 45.1 Å². The molecular formula is C13H22N2O3. The molecule has 2 amide bonds. The Morgan fingerprint density at radius 2 is 2.11 bits per heavy atom. The molecule has 5 heteroatoms. The molecular weight excluding hydrogens is 232 g/mol. The van der Waals surface area contributed by atoms with E-state index in [0.717, 1.165) is 31.7 Å². The quantitative estimate of drug-likeness (QED) is 0.802. The Kier molecular flexibility index (Phi) is 4.09. The first-order chi connectivity index (χ1) is 8.54. The number of hydrogen-bond donors (Lipinski definition) is 2. The van der Waals surface area contributed by atoms with Crippen LogP contribution in [0.15, 0.2) is 0 Å². The molecule has 1 saturated heterocycles. The molecule has 2 fully saturated rings. The van der Waals surface area contributed by atoms with E-state index >= 15 is 0 Å². The molecule has 2 N–H and O–H groups in total. The lowest BCUT2D eigenvalue weighted by atomic mass is 9.82. The molecule has 0 aromatic heterocycles. The first-order valence-electron chi connectivity index (χ1n) is 6.82. The van der Waals surface area contributed by atoms with Crippen LogP contribution in [0.3, 0.4) is 0 Å². The molecule has 102 valence electrons. The number of carboxylic acid groups (broad SMARTS) is 1. The van der Waals surface area contributed by atoms with Gasteiger partial charge in [0.1, 0.15) is 0 Å². The number of urea groups is 1. The normalized spacial score (nSPS) is 30.9. The number of carboxylic acids is 1. The summed E-state index contributed by atoms with van der Waals surface area (Å²) in [5.41, 5.74) is 0. The predicted octanol–water partition coefficient (Wildman–Crippen LogP) is 1.68. The number of nitrogens with one attached hydrogen (secondary N) is 1. The average Bonchev–Trinajstić information content (AvgIpc) is 2.72. The highest BCUT2D eigenvalue weighted by Gasteiger charge is 2.31. The summed E-state index contributed by atoms with van der Waals surface area (Å²) in [6.07, 6.45) is 3.99. The second kappa shape index (κ2) is 5.59. The highest BCUT2D eigenvalue weighted by molar-refractivity contribution is 5.75. The van der Waals surface area contributed by atoms with Gasteiger partial charge in [-0.05, 0) is 37.5 Å². The first-order valence-corrected chi connectivity index (χ1v) is 6.82. The number of rotatable bonds is 4. The van der Waals surface area contributed by atoms with Gasteiger partial charge in [-0.3, -0.25) is 4.79 Å². The molecule has 0 aromatic rings. The van der Waals surface area contributed by atoms with Gasteiger partial charge in [-0.15, -0.1) is 0 Å². The average molecular weight is 254 g/mol. The molecule has 2 rings (SSSR count). The van der Waals surface area contributed by atoms with Gasteiger partial charge in [0, 0.05) is 25.6 Å². The fraction of sp³-hybridized carbons (Fsp3) is 0.846. The fourth-order valence-electron chi connectivity index (χ4n) is 2.87. The van der Waals surface area contributed by atoms with Crippen molar-refractivity contribution in [2.24, 2.45) is 11.8 Å². The molecule has 0 radical (unpaired) electrons. The Balaban J connectivity index is 1.68. The lowest BCUT2D eigenvalue weighted by Crippen LogP contribution is -2.48. The van der Waals surface area contributed by atoms with E-state index in [0.29, 0.717) is 24.9 Å². The van der Waals surface area contributed by atoms with Crippen LogP contribution in [0.25, 0.3) is 0 Å². The number of carbonyl (C=O) groups is 2. The van der Waals surface area contributed by atoms with Crippen LogP contribution in [-0.2, 0) is 4.79 Å². The maximum atomic E-state index is 11.9. The molecule has 18 heavy (non-hydrogen) atoms. The summed E-state index contributed by atoms with van der Waals surface area (Å²) in [4.78, 5) is 24.3. The molecule has 1 aliphatic carbocycles. The number of nitrogens with zero attached hydrogens (tertiary/aromatic N) is 1. The largest absolute Gasteiger partial charge is 0.481 e. The Morgan fingerprint density at radius 1 is 1.39 bits per heavy atom. The lowest BCUT2D eigenvalue weighted by Gasteiger charge is -2.34. The number of aliphatic carboxylic acids is 1. The monoisotopic (exact) mass is 254 g/mol. The second-order valence-corrected chi connectivity index (χ2v) is 5.76. The Labute approximate surface area is 108 Å². The molecule has 0 aromatic carbocycles. The summed E-state index contributed by atoms with van der Waals surface area (Å²) in [7, 11) is 0. The van der Waals surface area contributed by atoms with E-state index < -0.39 is 5.97 Å². The minimum absolute atomic E-state index is 0.0322. The van der Waals surface area contributed by atoms with Crippen molar-refractivity contribution in [1.82, 2.24) is 10.2 Å². The standard InChI is InChI=1S/C13H22N2O3/c1-9-6-11(7-9)14-13(18)15-5-4-10(8-15)2-3-12(16)17/h9-11H,2-8H2,1H3,(H,14,18)(H,16,17). The molecule has 1 atom stereocenters. The maximum absolute atomic E-state index is 11.9. The Bertz CT molecular complexity index is 326. The van der Waals surface area contributed by atoms with Crippen LogP contribution in [0.1, 0.15) is 39.0 Å². The highest BCUT2D eigenvalue weighted by atomic mass is 16.4. The van der Waals surface area contributed by atoms with E-state index in [4.69, 9.17) is 5.11 Å². The van der Waals surface area contributed by atoms with Crippen LogP contribution in [0, 0.1) is 11.8 Å². The number of carbonyl (C=O) groups excluding carboxylic acids is 1. The molecule has 1 heterocycles. The summed E-state index contributed by atoms with van der Waals surface area (Å²) in [6.45, 7) is 3.67. The lowest BCUT2D eigenvalue weighted by molar-refractivity contribution is -0.137. The van der Waals surface area contributed by atoms with Crippen molar-refractivity contribution >= 4 is 12.0 Å². The van der Waals surface area contributed by atoms with Gasteiger partial charge >= 0.3 is 12.0 Å². The molecule has 0 spiro atoms. The van der Waals surface area contributed by atoms with Crippen molar-refractivity contribution < 1.29 is 14.7 Å². The summed E-state index contributed by atoms with van der Waals surface area (Å²) < 4.78 is 0. The van der Waals surface area contributed by atoms with Gasteiger partial charge in [0.25, 0.3) is 0 Å². The minimum Gasteiger partial charge on any atom is -0.481 e. The topological polar surface area (TPSA) is 69.6 Å². The van der Waals surface area contributed by atoms with Crippen molar-refractivity contribution in [1.29, 1.82) is 0 Å². The van der Waals surface area contributed by atoms with Crippen LogP contribution in [0.4, 0.5) is 4.79 Å². The maximum Gasteiger partial charge on any atom is 0.317 e. The van der Waals surface area contributed by atoms with Crippen LogP contribution in [0.2, 0.25) is 0 Å². The van der Waals surface area contributed by atoms with Gasteiger partial charge in [-0.2, -0.15) is 0 Å². The molecule has 2 aliphatic rings. The summed E-state index contributed by atoms with van der Waals surface area (Å²) in [5, 5.41) is 11.7. The third kappa shape index (κ3) is 3.37. The van der Waals surface area contributed by atoms with Gasteiger partial charge in [-0.25, -0.2) is 4.79 Å². The zero-order chi connectivity index (χ0) is 13.1. The number of likely N-dealkylation sites (tertiary alicyclic amines) is 1. The van der Waals surface area contributed by atoms with E-state index in [2.05, 4.69) is 12.2 Å². The van der Waals surface area contributed by atoms with Gasteiger partial charge < -0.3 is 15.3 Å². The summed E-state index contributed by atoms with van der Waals surface area (Å²) in [6, 6.07) is 0.385. The van der Waals surface area contributed by atoms with E-state index in [9.17, 15) is 9.59 Å². The van der Waals surface area contributed by atoms with Gasteiger partial charge in [-0.1, -0.05) is 6.92 Å². The van der Waals surface area contributed by atoms with Crippen LogP contribution in [-0.4, -0.2) is 41.1 Å². The van der Waals surface area contributed by atoms with Crippen LogP contribution >= 0.6 is 0 Å². The van der Waals surface area contributed by atoms with E-state index in [1.165, 1.54) is 0 Å². The zero-order valence-corrected chi connectivity index (χ0v) is 10.9. The van der Waals surface area contributed by atoms with Gasteiger partial charge in [0.05, 0.1) is 0 Å². The smallest absolute Gasteiger partial charge is 0.317 e. The molecule has 1 unspecified atom stereocenters. The van der Waals surface area contributed by atoms with Crippen molar-refractivity contribution in [3.63, 3.8) is 0 Å². The predicted molar refractivity (Wildman–Crippen MR) is 67.3 cm³/mol. The molecule has 0 bridgehead atoms. The van der Waals surface area contributed by atoms with E-state index in [-0.39, 0.29) is 12.5 Å². The number of hydrogen-bond acceptors (Lipinski definition) is 2. The van der Waals surface area contributed by atoms with E-state index in [1.54, 1.807) is 0 Å². The van der Waals surface area contributed by atoms with Crippen LogP contribution < -0.4 is 5.32 Å². The first kappa shape index (κ1) is 13.2. The molecule has 1 saturated carbocycles. The van der Waals surface area contributed by atoms with Crippen molar-refractivity contribution in [2.75, 3.05) is 13.1 Å². The highest BCUT2D eigenvalue weighted by Crippen LogP contribution is 2.27. The minimum atomic E-state index is -0.749. The summed E-state index contributed by atoms with van der Waals surface area (Å²) >= 11 is 0. The second-order valence-electron chi connectivity index (χ2n) is 5.76. The van der Waals surface area contributed by atoms with Crippen molar-refractivity contribution in [3.8, 4) is 0 Å². The third-order valence-electron chi connectivity index (χ3n) is 4.04. The van der Waals surface area contributed by atoms with Gasteiger partial charge in [0.15, 0.2) is 0 Å². The molecule has 1 aliphatic heterocycles. The summed E-state index contributed by atoms with van der Waals surface area (Å²) in [5.74, 6) is 0.339. The Morgan fingerprint density at radius 3 is 2.72 bits per heavy atom. The zero-order valence-electron chi connectivity index (χ0n) is 10.9. The number of amides is 2.